The minimum Gasteiger partial charge on any atom is -0.313 e. The van der Waals surface area contributed by atoms with Gasteiger partial charge in [-0.2, -0.15) is 0 Å². The van der Waals surface area contributed by atoms with Crippen LogP contribution in [0.2, 0.25) is 0 Å². The highest BCUT2D eigenvalue weighted by Crippen LogP contribution is 2.28. The molecular formula is C19H12N2O3. The molecule has 4 rings (SSSR count). The van der Waals surface area contributed by atoms with Crippen LogP contribution in [0.15, 0.2) is 72.9 Å². The SMILES string of the molecule is O=C(c1ccc([N+](=O)[O-])cc1)c1c2ccccc2c2ccccn12. The Hall–Kier alpha value is -3.47. The Labute approximate surface area is 136 Å². The number of nitro benzene ring substituents is 1. The number of pyridine rings is 1. The van der Waals surface area contributed by atoms with Crippen LogP contribution in [0.1, 0.15) is 16.1 Å². The third-order valence-electron chi connectivity index (χ3n) is 4.11. The second-order valence-corrected chi connectivity index (χ2v) is 5.48. The first-order valence-electron chi connectivity index (χ1n) is 7.44. The van der Waals surface area contributed by atoms with Crippen molar-refractivity contribution in [2.75, 3.05) is 0 Å². The van der Waals surface area contributed by atoms with E-state index in [0.717, 1.165) is 16.3 Å². The molecule has 2 aromatic heterocycles. The highest BCUT2D eigenvalue weighted by atomic mass is 16.6. The van der Waals surface area contributed by atoms with Gasteiger partial charge in [0.2, 0.25) is 5.78 Å². The summed E-state index contributed by atoms with van der Waals surface area (Å²) in [6.45, 7) is 0. The topological polar surface area (TPSA) is 64.6 Å². The molecule has 0 aliphatic heterocycles. The predicted octanol–water partition coefficient (Wildman–Crippen LogP) is 4.23. The number of carbonyl (C=O) groups is 1. The molecule has 0 radical (unpaired) electrons. The van der Waals surface area contributed by atoms with Gasteiger partial charge in [-0.1, -0.05) is 30.3 Å². The molecule has 0 saturated heterocycles. The van der Waals surface area contributed by atoms with Crippen molar-refractivity contribution >= 4 is 27.8 Å². The Bertz CT molecular complexity index is 1040. The number of non-ortho nitro benzene ring substituents is 1. The molecule has 116 valence electrons. The second kappa shape index (κ2) is 5.31. The zero-order valence-electron chi connectivity index (χ0n) is 12.5. The molecule has 2 heterocycles. The molecule has 5 heteroatoms. The van der Waals surface area contributed by atoms with Crippen LogP contribution >= 0.6 is 0 Å². The lowest BCUT2D eigenvalue weighted by atomic mass is 10.0. The molecule has 4 aromatic rings. The Balaban J connectivity index is 1.94. The van der Waals surface area contributed by atoms with Gasteiger partial charge in [-0.25, -0.2) is 0 Å². The van der Waals surface area contributed by atoms with Gasteiger partial charge in [-0.3, -0.25) is 14.9 Å². The van der Waals surface area contributed by atoms with Crippen LogP contribution in [0.5, 0.6) is 0 Å². The van der Waals surface area contributed by atoms with Crippen molar-refractivity contribution in [3.63, 3.8) is 0 Å². The number of fused-ring (bicyclic) bond motifs is 3. The van der Waals surface area contributed by atoms with Gasteiger partial charge in [-0.05, 0) is 24.3 Å². The minimum atomic E-state index is -0.476. The zero-order chi connectivity index (χ0) is 16.7. The lowest BCUT2D eigenvalue weighted by Gasteiger charge is -2.03. The number of nitro groups is 1. The van der Waals surface area contributed by atoms with E-state index < -0.39 is 4.92 Å². The van der Waals surface area contributed by atoms with Gasteiger partial charge in [0.15, 0.2) is 0 Å². The Morgan fingerprint density at radius 2 is 1.54 bits per heavy atom. The van der Waals surface area contributed by atoms with E-state index in [1.165, 1.54) is 24.3 Å². The molecular weight excluding hydrogens is 304 g/mol. The van der Waals surface area contributed by atoms with E-state index in [9.17, 15) is 14.9 Å². The van der Waals surface area contributed by atoms with E-state index in [1.807, 2.05) is 53.1 Å². The van der Waals surface area contributed by atoms with Crippen LogP contribution in [0, 0.1) is 10.1 Å². The molecule has 0 aliphatic carbocycles. The van der Waals surface area contributed by atoms with E-state index in [0.29, 0.717) is 11.3 Å². The van der Waals surface area contributed by atoms with Crippen LogP contribution in [-0.4, -0.2) is 15.1 Å². The van der Waals surface area contributed by atoms with Crippen molar-refractivity contribution in [3.05, 3.63) is 94.3 Å². The maximum Gasteiger partial charge on any atom is 0.269 e. The van der Waals surface area contributed by atoms with Crippen molar-refractivity contribution in [2.24, 2.45) is 0 Å². The van der Waals surface area contributed by atoms with Crippen LogP contribution in [0.4, 0.5) is 5.69 Å². The van der Waals surface area contributed by atoms with Crippen molar-refractivity contribution < 1.29 is 9.72 Å². The third-order valence-corrected chi connectivity index (χ3v) is 4.11. The summed E-state index contributed by atoms with van der Waals surface area (Å²) in [4.78, 5) is 23.3. The molecule has 0 spiro atoms. The number of aromatic nitrogens is 1. The summed E-state index contributed by atoms with van der Waals surface area (Å²) < 4.78 is 1.87. The summed E-state index contributed by atoms with van der Waals surface area (Å²) in [5, 5.41) is 12.6. The van der Waals surface area contributed by atoms with E-state index in [1.54, 1.807) is 0 Å². The first-order valence-corrected chi connectivity index (χ1v) is 7.44. The molecule has 2 aromatic carbocycles. The fraction of sp³-hybridized carbons (Fsp3) is 0. The molecule has 24 heavy (non-hydrogen) atoms. The summed E-state index contributed by atoms with van der Waals surface area (Å²) in [7, 11) is 0. The number of benzene rings is 2. The number of rotatable bonds is 3. The van der Waals surface area contributed by atoms with Gasteiger partial charge in [0, 0.05) is 34.7 Å². The number of hydrogen-bond donors (Lipinski definition) is 0. The van der Waals surface area contributed by atoms with Gasteiger partial charge in [0.1, 0.15) is 5.69 Å². The largest absolute Gasteiger partial charge is 0.313 e. The summed E-state index contributed by atoms with van der Waals surface area (Å²) >= 11 is 0. The van der Waals surface area contributed by atoms with Gasteiger partial charge in [-0.15, -0.1) is 0 Å². The molecule has 0 bridgehead atoms. The molecule has 0 saturated carbocycles. The molecule has 5 nitrogen and oxygen atoms in total. The molecule has 0 N–H and O–H groups in total. The number of ketones is 1. The van der Waals surface area contributed by atoms with Gasteiger partial charge in [0.25, 0.3) is 5.69 Å². The summed E-state index contributed by atoms with van der Waals surface area (Å²) in [5.74, 6) is -0.160. The maximum atomic E-state index is 13.0. The van der Waals surface area contributed by atoms with Gasteiger partial charge < -0.3 is 4.40 Å². The standard InChI is InChI=1S/C19H12N2O3/c22-19(13-8-10-14(11-9-13)21(23)24)18-16-6-2-1-5-15(16)17-7-3-4-12-20(17)18/h1-12H. The van der Waals surface area contributed by atoms with Crippen LogP contribution < -0.4 is 0 Å². The first-order chi connectivity index (χ1) is 11.7. The number of hydrogen-bond acceptors (Lipinski definition) is 3. The fourth-order valence-electron chi connectivity index (χ4n) is 3.00. The van der Waals surface area contributed by atoms with Crippen LogP contribution in [0.3, 0.4) is 0 Å². The minimum absolute atomic E-state index is 0.0311. The van der Waals surface area contributed by atoms with Crippen molar-refractivity contribution in [3.8, 4) is 0 Å². The van der Waals surface area contributed by atoms with Crippen LogP contribution in [-0.2, 0) is 0 Å². The van der Waals surface area contributed by atoms with E-state index in [4.69, 9.17) is 0 Å². The van der Waals surface area contributed by atoms with Crippen molar-refractivity contribution in [1.82, 2.24) is 4.40 Å². The highest BCUT2D eigenvalue weighted by molar-refractivity contribution is 6.19. The smallest absolute Gasteiger partial charge is 0.269 e. The molecule has 0 unspecified atom stereocenters. The molecule has 0 aliphatic rings. The lowest BCUT2D eigenvalue weighted by Crippen LogP contribution is -2.05. The Kier molecular flexibility index (Phi) is 3.13. The summed E-state index contributed by atoms with van der Waals surface area (Å²) in [5.41, 5.74) is 1.92. The molecule has 0 atom stereocenters. The third kappa shape index (κ3) is 2.06. The van der Waals surface area contributed by atoms with Crippen molar-refractivity contribution in [1.29, 1.82) is 0 Å². The average molecular weight is 316 g/mol. The molecule has 0 amide bonds. The normalized spacial score (nSPS) is 11.0. The van der Waals surface area contributed by atoms with Gasteiger partial charge >= 0.3 is 0 Å². The summed E-state index contributed by atoms with van der Waals surface area (Å²) in [6.07, 6.45) is 1.86. The zero-order valence-corrected chi connectivity index (χ0v) is 12.5. The lowest BCUT2D eigenvalue weighted by molar-refractivity contribution is -0.384. The molecule has 0 fully saturated rings. The van der Waals surface area contributed by atoms with E-state index >= 15 is 0 Å². The van der Waals surface area contributed by atoms with Crippen molar-refractivity contribution in [2.45, 2.75) is 0 Å². The highest BCUT2D eigenvalue weighted by Gasteiger charge is 2.19. The number of carbonyl (C=O) groups excluding carboxylic acids is 1. The Morgan fingerprint density at radius 3 is 2.25 bits per heavy atom. The fourth-order valence-corrected chi connectivity index (χ4v) is 3.00. The maximum absolute atomic E-state index is 13.0. The first kappa shape index (κ1) is 14.1. The predicted molar refractivity (Wildman–Crippen MR) is 91.4 cm³/mol. The van der Waals surface area contributed by atoms with Gasteiger partial charge in [0.05, 0.1) is 10.4 Å². The number of nitrogens with zero attached hydrogens (tertiary/aromatic N) is 2. The summed E-state index contributed by atoms with van der Waals surface area (Å²) in [6, 6.07) is 19.2. The average Bonchev–Trinajstić information content (AvgIpc) is 2.96. The monoisotopic (exact) mass is 316 g/mol. The quantitative estimate of drug-likeness (QED) is 0.323. The van der Waals surface area contributed by atoms with Crippen LogP contribution in [0.25, 0.3) is 16.3 Å². The Morgan fingerprint density at radius 1 is 0.875 bits per heavy atom. The van der Waals surface area contributed by atoms with E-state index in [2.05, 4.69) is 0 Å². The van der Waals surface area contributed by atoms with E-state index in [-0.39, 0.29) is 11.5 Å². The second-order valence-electron chi connectivity index (χ2n) is 5.48.